The van der Waals surface area contributed by atoms with Gasteiger partial charge in [0.15, 0.2) is 0 Å². The Bertz CT molecular complexity index is 772. The van der Waals surface area contributed by atoms with E-state index in [4.69, 9.17) is 11.6 Å². The molecular formula is C17H22ClN5O2. The summed E-state index contributed by atoms with van der Waals surface area (Å²) in [4.78, 5) is 23.9. The zero-order valence-corrected chi connectivity index (χ0v) is 15.4. The third-order valence-electron chi connectivity index (χ3n) is 4.66. The number of rotatable bonds is 4. The first-order valence-electron chi connectivity index (χ1n) is 8.35. The number of nitrogens with zero attached hydrogens (tertiary/aromatic N) is 5. The van der Waals surface area contributed by atoms with Crippen molar-refractivity contribution in [3.8, 4) is 5.95 Å². The van der Waals surface area contributed by atoms with Crippen LogP contribution in [0.4, 0.5) is 10.6 Å². The van der Waals surface area contributed by atoms with Gasteiger partial charge in [-0.05, 0) is 39.3 Å². The molecule has 1 N–H and O–H groups in total. The van der Waals surface area contributed by atoms with Crippen molar-refractivity contribution < 1.29 is 9.90 Å². The molecule has 1 saturated heterocycles. The minimum atomic E-state index is -0.880. The lowest BCUT2D eigenvalue weighted by atomic mass is 10.2. The maximum absolute atomic E-state index is 11.4. The molecule has 1 aliphatic rings. The van der Waals surface area contributed by atoms with E-state index in [1.165, 1.54) is 4.90 Å². The van der Waals surface area contributed by atoms with Crippen molar-refractivity contribution >= 4 is 23.5 Å². The number of amides is 1. The first kappa shape index (κ1) is 17.5. The first-order chi connectivity index (χ1) is 11.9. The Morgan fingerprint density at radius 1 is 1.36 bits per heavy atom. The molecule has 7 nitrogen and oxygen atoms in total. The van der Waals surface area contributed by atoms with Crippen molar-refractivity contribution in [3.63, 3.8) is 0 Å². The van der Waals surface area contributed by atoms with Gasteiger partial charge in [-0.25, -0.2) is 9.78 Å². The molecule has 0 unspecified atom stereocenters. The predicted molar refractivity (Wildman–Crippen MR) is 96.9 cm³/mol. The summed E-state index contributed by atoms with van der Waals surface area (Å²) < 4.78 is 1.96. The minimum Gasteiger partial charge on any atom is -0.465 e. The number of hydrogen-bond acceptors (Lipinski definition) is 4. The maximum atomic E-state index is 11.4. The number of likely N-dealkylation sites (N-methyl/N-ethyl adjacent to an activating group) is 1. The fourth-order valence-electron chi connectivity index (χ4n) is 3.39. The zero-order valence-electron chi connectivity index (χ0n) is 14.6. The molecule has 0 bridgehead atoms. The molecule has 3 heterocycles. The first-order valence-corrected chi connectivity index (χ1v) is 8.73. The molecule has 0 saturated carbocycles. The van der Waals surface area contributed by atoms with Gasteiger partial charge in [-0.15, -0.1) is 0 Å². The number of carboxylic acid groups (broad SMARTS) is 1. The van der Waals surface area contributed by atoms with E-state index in [0.29, 0.717) is 24.2 Å². The van der Waals surface area contributed by atoms with Gasteiger partial charge in [0.25, 0.3) is 0 Å². The lowest BCUT2D eigenvalue weighted by molar-refractivity contribution is 0.131. The van der Waals surface area contributed by atoms with Gasteiger partial charge in [0.1, 0.15) is 11.0 Å². The summed E-state index contributed by atoms with van der Waals surface area (Å²) in [6.07, 6.45) is -0.104. The van der Waals surface area contributed by atoms with Crippen LogP contribution in [0.1, 0.15) is 24.7 Å². The van der Waals surface area contributed by atoms with E-state index in [-0.39, 0.29) is 6.04 Å². The van der Waals surface area contributed by atoms with Gasteiger partial charge in [0.05, 0.1) is 6.04 Å². The van der Waals surface area contributed by atoms with Crippen LogP contribution >= 0.6 is 11.6 Å². The third kappa shape index (κ3) is 3.42. The van der Waals surface area contributed by atoms with E-state index in [1.54, 1.807) is 6.07 Å². The summed E-state index contributed by atoms with van der Waals surface area (Å²) in [6.45, 7) is 7.67. The van der Waals surface area contributed by atoms with E-state index in [2.05, 4.69) is 14.9 Å². The van der Waals surface area contributed by atoms with Gasteiger partial charge in [-0.1, -0.05) is 11.6 Å². The predicted octanol–water partition coefficient (Wildman–Crippen LogP) is 3.12. The van der Waals surface area contributed by atoms with E-state index < -0.39 is 6.09 Å². The normalized spacial score (nSPS) is 17.1. The summed E-state index contributed by atoms with van der Waals surface area (Å²) in [5, 5.41) is 9.70. The number of aromatic nitrogens is 3. The highest BCUT2D eigenvalue weighted by atomic mass is 35.5. The molecule has 1 aliphatic heterocycles. The quantitative estimate of drug-likeness (QED) is 0.845. The summed E-state index contributed by atoms with van der Waals surface area (Å²) in [6, 6.07) is 5.72. The summed E-state index contributed by atoms with van der Waals surface area (Å²) in [5.74, 6) is 1.27. The summed E-state index contributed by atoms with van der Waals surface area (Å²) in [7, 11) is 0. The molecule has 0 radical (unpaired) electrons. The van der Waals surface area contributed by atoms with Gasteiger partial charge >= 0.3 is 6.09 Å². The van der Waals surface area contributed by atoms with Crippen LogP contribution in [0.5, 0.6) is 0 Å². The van der Waals surface area contributed by atoms with Crippen molar-refractivity contribution in [2.24, 2.45) is 0 Å². The highest BCUT2D eigenvalue weighted by Gasteiger charge is 2.30. The average Bonchev–Trinajstić information content (AvgIpc) is 3.14. The van der Waals surface area contributed by atoms with E-state index in [1.807, 2.05) is 37.5 Å². The van der Waals surface area contributed by atoms with Crippen LogP contribution in [-0.2, 0) is 0 Å². The molecule has 1 fully saturated rings. The van der Waals surface area contributed by atoms with Crippen LogP contribution in [0.2, 0.25) is 5.15 Å². The Labute approximate surface area is 151 Å². The summed E-state index contributed by atoms with van der Waals surface area (Å²) >= 11 is 6.23. The van der Waals surface area contributed by atoms with Crippen LogP contribution in [0.25, 0.3) is 5.95 Å². The van der Waals surface area contributed by atoms with Crippen molar-refractivity contribution in [2.45, 2.75) is 33.2 Å². The average molecular weight is 364 g/mol. The van der Waals surface area contributed by atoms with Crippen LogP contribution in [0, 0.1) is 13.8 Å². The van der Waals surface area contributed by atoms with Gasteiger partial charge < -0.3 is 14.9 Å². The topological polar surface area (TPSA) is 74.5 Å². The van der Waals surface area contributed by atoms with E-state index in [0.717, 1.165) is 30.2 Å². The van der Waals surface area contributed by atoms with E-state index >= 15 is 0 Å². The van der Waals surface area contributed by atoms with Crippen LogP contribution < -0.4 is 4.90 Å². The van der Waals surface area contributed by atoms with Gasteiger partial charge in [0.2, 0.25) is 5.95 Å². The van der Waals surface area contributed by atoms with E-state index in [9.17, 15) is 9.90 Å². The minimum absolute atomic E-state index is 0.0326. The highest BCUT2D eigenvalue weighted by molar-refractivity contribution is 6.29. The molecule has 1 amide bonds. The molecule has 0 aromatic carbocycles. The smallest absolute Gasteiger partial charge is 0.407 e. The lowest BCUT2D eigenvalue weighted by Gasteiger charge is -2.25. The molecule has 0 spiro atoms. The maximum Gasteiger partial charge on any atom is 0.407 e. The van der Waals surface area contributed by atoms with Gasteiger partial charge in [-0.3, -0.25) is 4.57 Å². The molecular weight excluding hydrogens is 342 g/mol. The fraction of sp³-hybridized carbons (Fsp3) is 0.471. The molecule has 134 valence electrons. The summed E-state index contributed by atoms with van der Waals surface area (Å²) in [5.41, 5.74) is 2.07. The number of anilines is 1. The zero-order chi connectivity index (χ0) is 18.1. The Kier molecular flexibility index (Phi) is 4.85. The molecule has 2 aromatic rings. The molecule has 25 heavy (non-hydrogen) atoms. The van der Waals surface area contributed by atoms with Crippen LogP contribution in [0.3, 0.4) is 0 Å². The number of carbonyl (C=O) groups is 1. The second-order valence-electron chi connectivity index (χ2n) is 6.26. The largest absolute Gasteiger partial charge is 0.465 e. The highest BCUT2D eigenvalue weighted by Crippen LogP contribution is 2.25. The third-order valence-corrected chi connectivity index (χ3v) is 4.85. The monoisotopic (exact) mass is 363 g/mol. The second-order valence-corrected chi connectivity index (χ2v) is 6.64. The number of hydrogen-bond donors (Lipinski definition) is 1. The van der Waals surface area contributed by atoms with Crippen LogP contribution in [-0.4, -0.2) is 56.3 Å². The number of aryl methyl sites for hydroxylation is 2. The second kappa shape index (κ2) is 6.92. The molecule has 1 atom stereocenters. The van der Waals surface area contributed by atoms with Gasteiger partial charge in [0, 0.05) is 37.1 Å². The standard InChI is InChI=1S/C17H22ClN5O2/c1-4-22(17(24)25)13-7-8-21(10-13)15-9-14(18)19-16(20-15)23-11(2)5-6-12(23)3/h5-6,9,13H,4,7-8,10H2,1-3H3,(H,24,25)/t13-/m1/s1. The SMILES string of the molecule is CCN(C(=O)O)[C@@H]1CCN(c2cc(Cl)nc(-n3c(C)ccc3C)n2)C1. The Balaban J connectivity index is 1.88. The fourth-order valence-corrected chi connectivity index (χ4v) is 3.57. The Hall–Kier alpha value is -2.28. The van der Waals surface area contributed by atoms with Crippen molar-refractivity contribution in [1.82, 2.24) is 19.4 Å². The van der Waals surface area contributed by atoms with Crippen molar-refractivity contribution in [1.29, 1.82) is 0 Å². The lowest BCUT2D eigenvalue weighted by Crippen LogP contribution is -2.41. The Morgan fingerprint density at radius 2 is 2.04 bits per heavy atom. The van der Waals surface area contributed by atoms with Crippen molar-refractivity contribution in [2.75, 3.05) is 24.5 Å². The van der Waals surface area contributed by atoms with Gasteiger partial charge in [-0.2, -0.15) is 4.98 Å². The van der Waals surface area contributed by atoms with Crippen molar-refractivity contribution in [3.05, 3.63) is 34.7 Å². The van der Waals surface area contributed by atoms with Crippen LogP contribution in [0.15, 0.2) is 18.2 Å². The molecule has 2 aromatic heterocycles. The molecule has 3 rings (SSSR count). The Morgan fingerprint density at radius 3 is 2.64 bits per heavy atom. The molecule has 0 aliphatic carbocycles. The number of halogens is 1. The molecule has 8 heteroatoms.